The van der Waals surface area contributed by atoms with E-state index in [1.807, 2.05) is 0 Å². The molecular formula is C13H13F2NO5. The normalized spacial score (nSPS) is 14.9. The van der Waals surface area contributed by atoms with E-state index in [1.165, 1.54) is 18.2 Å². The molecule has 0 atom stereocenters. The van der Waals surface area contributed by atoms with E-state index in [0.717, 1.165) is 0 Å². The highest BCUT2D eigenvalue weighted by Crippen LogP contribution is 2.42. The summed E-state index contributed by atoms with van der Waals surface area (Å²) < 4.78 is 38.9. The van der Waals surface area contributed by atoms with Crippen LogP contribution >= 0.6 is 0 Å². The highest BCUT2D eigenvalue weighted by molar-refractivity contribution is 5.93. The highest BCUT2D eigenvalue weighted by atomic mass is 19.3. The number of benzene rings is 1. The monoisotopic (exact) mass is 301 g/mol. The smallest absolute Gasteiger partial charge is 0.455 e. The molecule has 0 fully saturated rings. The molecule has 0 bridgehead atoms. The van der Waals surface area contributed by atoms with Gasteiger partial charge in [0.05, 0.1) is 5.92 Å². The van der Waals surface area contributed by atoms with E-state index in [9.17, 15) is 18.4 Å². The Balaban J connectivity index is 1.93. The first kappa shape index (κ1) is 15.0. The molecule has 0 saturated heterocycles. The van der Waals surface area contributed by atoms with Gasteiger partial charge in [-0.3, -0.25) is 9.59 Å². The second-order valence-corrected chi connectivity index (χ2v) is 4.64. The Bertz CT molecular complexity index is 574. The average molecular weight is 301 g/mol. The first-order valence-corrected chi connectivity index (χ1v) is 6.13. The summed E-state index contributed by atoms with van der Waals surface area (Å²) in [7, 11) is 0. The van der Waals surface area contributed by atoms with Gasteiger partial charge in [-0.25, -0.2) is 0 Å². The van der Waals surface area contributed by atoms with Crippen LogP contribution in [0.1, 0.15) is 13.8 Å². The molecule has 1 aromatic carbocycles. The lowest BCUT2D eigenvalue weighted by Crippen LogP contribution is -2.26. The van der Waals surface area contributed by atoms with Crippen molar-refractivity contribution in [2.45, 2.75) is 20.1 Å². The van der Waals surface area contributed by atoms with E-state index < -0.39 is 24.8 Å². The van der Waals surface area contributed by atoms with Crippen LogP contribution in [0.2, 0.25) is 0 Å². The van der Waals surface area contributed by atoms with Crippen LogP contribution in [-0.2, 0) is 14.3 Å². The highest BCUT2D eigenvalue weighted by Gasteiger charge is 2.43. The van der Waals surface area contributed by atoms with Crippen molar-refractivity contribution in [1.29, 1.82) is 0 Å². The molecule has 21 heavy (non-hydrogen) atoms. The van der Waals surface area contributed by atoms with Gasteiger partial charge in [-0.05, 0) is 12.1 Å². The number of ether oxygens (including phenoxy) is 3. The van der Waals surface area contributed by atoms with Crippen LogP contribution in [0.4, 0.5) is 14.5 Å². The number of nitrogens with one attached hydrogen (secondary N) is 1. The van der Waals surface area contributed by atoms with E-state index in [0.29, 0.717) is 0 Å². The lowest BCUT2D eigenvalue weighted by atomic mass is 10.2. The molecule has 1 aliphatic heterocycles. The predicted octanol–water partition coefficient (Wildman–Crippen LogP) is 2.15. The van der Waals surface area contributed by atoms with Crippen LogP contribution < -0.4 is 14.8 Å². The quantitative estimate of drug-likeness (QED) is 0.863. The lowest BCUT2D eigenvalue weighted by Gasteiger charge is -2.08. The Morgan fingerprint density at radius 2 is 1.95 bits per heavy atom. The number of carbonyl (C=O) groups excluding carboxylic acids is 2. The molecule has 0 spiro atoms. The lowest BCUT2D eigenvalue weighted by molar-refractivity contribution is -0.286. The van der Waals surface area contributed by atoms with Crippen LogP contribution in [0.3, 0.4) is 0 Å². The fourth-order valence-electron chi connectivity index (χ4n) is 1.53. The van der Waals surface area contributed by atoms with E-state index in [1.54, 1.807) is 13.8 Å². The van der Waals surface area contributed by atoms with Gasteiger partial charge in [-0.15, -0.1) is 8.78 Å². The minimum atomic E-state index is -3.71. The average Bonchev–Trinajstić information content (AvgIpc) is 2.68. The summed E-state index contributed by atoms with van der Waals surface area (Å²) in [6, 6.07) is 3.80. The molecule has 0 unspecified atom stereocenters. The molecule has 1 aliphatic rings. The number of hydrogen-bond donors (Lipinski definition) is 1. The standard InChI is InChI=1S/C13H13F2NO5/c1-7(2)12(18)19-6-11(17)16-8-3-4-9-10(5-8)21-13(14,15)20-9/h3-5,7H,6H2,1-2H3,(H,16,17). The van der Waals surface area contributed by atoms with Gasteiger partial charge >= 0.3 is 12.3 Å². The molecule has 0 aliphatic carbocycles. The molecule has 6 nitrogen and oxygen atoms in total. The van der Waals surface area contributed by atoms with Gasteiger partial charge in [-0.2, -0.15) is 0 Å². The fourth-order valence-corrected chi connectivity index (χ4v) is 1.53. The third-order valence-corrected chi connectivity index (χ3v) is 2.50. The molecular weight excluding hydrogens is 288 g/mol. The van der Waals surface area contributed by atoms with E-state index in [4.69, 9.17) is 4.74 Å². The number of anilines is 1. The van der Waals surface area contributed by atoms with Crippen molar-refractivity contribution < 1.29 is 32.6 Å². The predicted molar refractivity (Wildman–Crippen MR) is 67.1 cm³/mol. The number of amides is 1. The Labute approximate surface area is 119 Å². The van der Waals surface area contributed by atoms with Crippen LogP contribution in [0.25, 0.3) is 0 Å². The van der Waals surface area contributed by atoms with Crippen molar-refractivity contribution >= 4 is 17.6 Å². The van der Waals surface area contributed by atoms with E-state index in [-0.39, 0.29) is 23.1 Å². The zero-order valence-corrected chi connectivity index (χ0v) is 11.3. The maximum absolute atomic E-state index is 12.8. The summed E-state index contributed by atoms with van der Waals surface area (Å²) in [5.74, 6) is -1.74. The Morgan fingerprint density at radius 1 is 1.29 bits per heavy atom. The topological polar surface area (TPSA) is 73.9 Å². The van der Waals surface area contributed by atoms with Crippen LogP contribution in [0, 0.1) is 5.92 Å². The third-order valence-electron chi connectivity index (χ3n) is 2.50. The fraction of sp³-hybridized carbons (Fsp3) is 0.385. The van der Waals surface area contributed by atoms with Crippen molar-refractivity contribution in [2.75, 3.05) is 11.9 Å². The Kier molecular flexibility index (Phi) is 3.97. The molecule has 2 rings (SSSR count). The van der Waals surface area contributed by atoms with Gasteiger partial charge in [0.25, 0.3) is 5.91 Å². The molecule has 1 amide bonds. The molecule has 0 saturated carbocycles. The zero-order valence-electron chi connectivity index (χ0n) is 11.3. The molecule has 1 aromatic rings. The number of fused-ring (bicyclic) bond motifs is 1. The second-order valence-electron chi connectivity index (χ2n) is 4.64. The minimum Gasteiger partial charge on any atom is -0.455 e. The number of halogens is 2. The number of hydrogen-bond acceptors (Lipinski definition) is 5. The summed E-state index contributed by atoms with van der Waals surface area (Å²) in [6.45, 7) is 2.82. The maximum atomic E-state index is 12.8. The van der Waals surface area contributed by atoms with Gasteiger partial charge < -0.3 is 19.5 Å². The van der Waals surface area contributed by atoms with Gasteiger partial charge in [0.2, 0.25) is 0 Å². The van der Waals surface area contributed by atoms with Gasteiger partial charge in [0.1, 0.15) is 0 Å². The zero-order chi connectivity index (χ0) is 15.6. The van der Waals surface area contributed by atoms with Crippen molar-refractivity contribution in [3.63, 3.8) is 0 Å². The summed E-state index contributed by atoms with van der Waals surface area (Å²) in [5.41, 5.74) is 0.223. The number of rotatable bonds is 4. The van der Waals surface area contributed by atoms with Crippen LogP contribution in [0.5, 0.6) is 11.5 Å². The number of carbonyl (C=O) groups is 2. The largest absolute Gasteiger partial charge is 0.586 e. The van der Waals surface area contributed by atoms with Gasteiger partial charge in [0, 0.05) is 11.8 Å². The molecule has 1 heterocycles. The van der Waals surface area contributed by atoms with Crippen molar-refractivity contribution in [3.05, 3.63) is 18.2 Å². The second kappa shape index (κ2) is 5.55. The first-order valence-electron chi connectivity index (χ1n) is 6.13. The SMILES string of the molecule is CC(C)C(=O)OCC(=O)Nc1ccc2c(c1)OC(F)(F)O2. The summed E-state index contributed by atoms with van der Waals surface area (Å²) in [4.78, 5) is 22.8. The first-order chi connectivity index (χ1) is 9.77. The summed E-state index contributed by atoms with van der Waals surface area (Å²) >= 11 is 0. The summed E-state index contributed by atoms with van der Waals surface area (Å²) in [6.07, 6.45) is -3.71. The van der Waals surface area contributed by atoms with Gasteiger partial charge in [-0.1, -0.05) is 13.8 Å². The molecule has 0 radical (unpaired) electrons. The van der Waals surface area contributed by atoms with Crippen LogP contribution in [0.15, 0.2) is 18.2 Å². The minimum absolute atomic E-state index is 0.121. The molecule has 8 heteroatoms. The third kappa shape index (κ3) is 3.80. The summed E-state index contributed by atoms with van der Waals surface area (Å²) in [5, 5.41) is 2.40. The van der Waals surface area contributed by atoms with Crippen molar-refractivity contribution in [2.24, 2.45) is 5.92 Å². The maximum Gasteiger partial charge on any atom is 0.586 e. The molecule has 1 N–H and O–H groups in total. The number of esters is 1. The van der Waals surface area contributed by atoms with E-state index >= 15 is 0 Å². The molecule has 114 valence electrons. The van der Waals surface area contributed by atoms with Crippen molar-refractivity contribution in [1.82, 2.24) is 0 Å². The van der Waals surface area contributed by atoms with Crippen molar-refractivity contribution in [3.8, 4) is 11.5 Å². The number of alkyl halides is 2. The Morgan fingerprint density at radius 3 is 2.62 bits per heavy atom. The molecule has 0 aromatic heterocycles. The van der Waals surface area contributed by atoms with E-state index in [2.05, 4.69) is 14.8 Å². The van der Waals surface area contributed by atoms with Crippen LogP contribution in [-0.4, -0.2) is 24.8 Å². The Hall–Kier alpha value is -2.38. The van der Waals surface area contributed by atoms with Gasteiger partial charge in [0.15, 0.2) is 18.1 Å².